The molecule has 20 heavy (non-hydrogen) atoms. The Morgan fingerprint density at radius 1 is 1.40 bits per heavy atom. The third-order valence-electron chi connectivity index (χ3n) is 3.89. The fourth-order valence-electron chi connectivity index (χ4n) is 2.59. The van der Waals surface area contributed by atoms with E-state index in [-0.39, 0.29) is 5.91 Å². The van der Waals surface area contributed by atoms with Crippen molar-refractivity contribution in [3.63, 3.8) is 0 Å². The number of piperidine rings is 1. The van der Waals surface area contributed by atoms with Crippen LogP contribution in [0.3, 0.4) is 0 Å². The summed E-state index contributed by atoms with van der Waals surface area (Å²) >= 11 is 3.36. The summed E-state index contributed by atoms with van der Waals surface area (Å²) in [5.41, 5.74) is 6.96. The lowest BCUT2D eigenvalue weighted by atomic mass is 9.97. The molecular weight excluding hydrogens is 318 g/mol. The highest BCUT2D eigenvalue weighted by atomic mass is 79.9. The van der Waals surface area contributed by atoms with Gasteiger partial charge in [0, 0.05) is 22.3 Å². The molecule has 1 saturated heterocycles. The van der Waals surface area contributed by atoms with Crippen molar-refractivity contribution in [2.75, 3.05) is 31.9 Å². The fourth-order valence-corrected chi connectivity index (χ4v) is 3.10. The van der Waals surface area contributed by atoms with E-state index in [9.17, 15) is 4.79 Å². The summed E-state index contributed by atoms with van der Waals surface area (Å²) in [7, 11) is 0. The molecule has 0 spiro atoms. The second-order valence-corrected chi connectivity index (χ2v) is 6.28. The van der Waals surface area contributed by atoms with Crippen LogP contribution < -0.4 is 11.1 Å². The first-order valence-electron chi connectivity index (χ1n) is 7.15. The minimum absolute atomic E-state index is 0.0454. The average Bonchev–Trinajstić information content (AvgIpc) is 2.44. The SMILES string of the molecule is CCN1CCC(CNC(=O)c2cc(N)cc(Br)c2)CC1. The van der Waals surface area contributed by atoms with Crippen molar-refractivity contribution in [2.45, 2.75) is 19.8 Å². The molecule has 1 aliphatic heterocycles. The van der Waals surface area contributed by atoms with Gasteiger partial charge in [0.05, 0.1) is 0 Å². The number of nitrogen functional groups attached to an aromatic ring is 1. The number of carbonyl (C=O) groups is 1. The molecule has 0 aliphatic carbocycles. The first-order chi connectivity index (χ1) is 9.58. The van der Waals surface area contributed by atoms with E-state index in [0.29, 0.717) is 17.2 Å². The number of anilines is 1. The third-order valence-corrected chi connectivity index (χ3v) is 4.35. The van der Waals surface area contributed by atoms with Gasteiger partial charge in [-0.05, 0) is 56.6 Å². The van der Waals surface area contributed by atoms with Gasteiger partial charge in [-0.1, -0.05) is 22.9 Å². The van der Waals surface area contributed by atoms with E-state index in [1.165, 1.54) is 0 Å². The lowest BCUT2D eigenvalue weighted by Crippen LogP contribution is -2.38. The molecule has 1 fully saturated rings. The minimum Gasteiger partial charge on any atom is -0.399 e. The zero-order chi connectivity index (χ0) is 14.5. The molecule has 1 heterocycles. The number of nitrogens with two attached hydrogens (primary N) is 1. The number of benzene rings is 1. The third kappa shape index (κ3) is 4.21. The number of hydrogen-bond acceptors (Lipinski definition) is 3. The highest BCUT2D eigenvalue weighted by molar-refractivity contribution is 9.10. The molecule has 0 saturated carbocycles. The number of halogens is 1. The Hall–Kier alpha value is -1.07. The Morgan fingerprint density at radius 2 is 2.10 bits per heavy atom. The summed E-state index contributed by atoms with van der Waals surface area (Å²) in [6, 6.07) is 5.29. The Labute approximate surface area is 128 Å². The summed E-state index contributed by atoms with van der Waals surface area (Å²) in [6.07, 6.45) is 2.32. The van der Waals surface area contributed by atoms with Gasteiger partial charge in [-0.3, -0.25) is 4.79 Å². The van der Waals surface area contributed by atoms with E-state index in [0.717, 1.165) is 43.5 Å². The predicted octanol–water partition coefficient (Wildman–Crippen LogP) is 2.49. The maximum Gasteiger partial charge on any atom is 0.251 e. The fraction of sp³-hybridized carbons (Fsp3) is 0.533. The first-order valence-corrected chi connectivity index (χ1v) is 7.94. The monoisotopic (exact) mass is 339 g/mol. The summed E-state index contributed by atoms with van der Waals surface area (Å²) in [6.45, 7) is 6.35. The van der Waals surface area contributed by atoms with Gasteiger partial charge < -0.3 is 16.0 Å². The number of carbonyl (C=O) groups excluding carboxylic acids is 1. The Kier molecular flexibility index (Phi) is 5.43. The molecule has 0 atom stereocenters. The maximum atomic E-state index is 12.1. The second-order valence-electron chi connectivity index (χ2n) is 5.36. The van der Waals surface area contributed by atoms with Crippen LogP contribution in [0.15, 0.2) is 22.7 Å². The van der Waals surface area contributed by atoms with Crippen LogP contribution in [0.5, 0.6) is 0 Å². The lowest BCUT2D eigenvalue weighted by molar-refractivity contribution is 0.0937. The van der Waals surface area contributed by atoms with Crippen LogP contribution in [0.2, 0.25) is 0 Å². The molecule has 1 aliphatic rings. The Bertz CT molecular complexity index is 450. The number of nitrogens with zero attached hydrogens (tertiary/aromatic N) is 1. The summed E-state index contributed by atoms with van der Waals surface area (Å²) < 4.78 is 0.832. The summed E-state index contributed by atoms with van der Waals surface area (Å²) in [5, 5.41) is 3.02. The normalized spacial score (nSPS) is 17.1. The molecule has 0 radical (unpaired) electrons. The van der Waals surface area contributed by atoms with E-state index in [1.807, 2.05) is 0 Å². The molecule has 2 rings (SSSR count). The maximum absolute atomic E-state index is 12.1. The van der Waals surface area contributed by atoms with Crippen LogP contribution in [0, 0.1) is 5.92 Å². The molecule has 110 valence electrons. The number of nitrogens with one attached hydrogen (secondary N) is 1. The average molecular weight is 340 g/mol. The molecule has 1 amide bonds. The minimum atomic E-state index is -0.0454. The Morgan fingerprint density at radius 3 is 2.70 bits per heavy atom. The van der Waals surface area contributed by atoms with Gasteiger partial charge >= 0.3 is 0 Å². The number of likely N-dealkylation sites (tertiary alicyclic amines) is 1. The van der Waals surface area contributed by atoms with Crippen molar-refractivity contribution in [1.29, 1.82) is 0 Å². The molecule has 3 N–H and O–H groups in total. The van der Waals surface area contributed by atoms with E-state index in [1.54, 1.807) is 18.2 Å². The van der Waals surface area contributed by atoms with Crippen LogP contribution >= 0.6 is 15.9 Å². The number of amides is 1. The van der Waals surface area contributed by atoms with Crippen molar-refractivity contribution in [3.05, 3.63) is 28.2 Å². The van der Waals surface area contributed by atoms with Crippen molar-refractivity contribution in [2.24, 2.45) is 5.92 Å². The summed E-state index contributed by atoms with van der Waals surface area (Å²) in [5.74, 6) is 0.544. The predicted molar refractivity (Wildman–Crippen MR) is 85.7 cm³/mol. The first kappa shape index (κ1) is 15.3. The van der Waals surface area contributed by atoms with E-state index < -0.39 is 0 Å². The highest BCUT2D eigenvalue weighted by Crippen LogP contribution is 2.18. The lowest BCUT2D eigenvalue weighted by Gasteiger charge is -2.31. The second kappa shape index (κ2) is 7.09. The van der Waals surface area contributed by atoms with Gasteiger partial charge in [0.2, 0.25) is 0 Å². The Balaban J connectivity index is 1.83. The molecular formula is C15H22BrN3O. The van der Waals surface area contributed by atoms with Crippen LogP contribution in [-0.4, -0.2) is 37.0 Å². The molecule has 0 aromatic heterocycles. The van der Waals surface area contributed by atoms with Crippen LogP contribution in [-0.2, 0) is 0 Å². The zero-order valence-electron chi connectivity index (χ0n) is 11.9. The largest absolute Gasteiger partial charge is 0.399 e. The quantitative estimate of drug-likeness (QED) is 0.828. The summed E-state index contributed by atoms with van der Waals surface area (Å²) in [4.78, 5) is 14.6. The van der Waals surface area contributed by atoms with Gasteiger partial charge in [-0.15, -0.1) is 0 Å². The van der Waals surface area contributed by atoms with E-state index in [4.69, 9.17) is 5.73 Å². The van der Waals surface area contributed by atoms with Gasteiger partial charge in [-0.2, -0.15) is 0 Å². The molecule has 0 unspecified atom stereocenters. The van der Waals surface area contributed by atoms with Crippen LogP contribution in [0.25, 0.3) is 0 Å². The van der Waals surface area contributed by atoms with Gasteiger partial charge in [0.25, 0.3) is 5.91 Å². The molecule has 1 aromatic carbocycles. The van der Waals surface area contributed by atoms with Crippen molar-refractivity contribution in [1.82, 2.24) is 10.2 Å². The van der Waals surface area contributed by atoms with E-state index >= 15 is 0 Å². The molecule has 0 bridgehead atoms. The van der Waals surface area contributed by atoms with Crippen LogP contribution in [0.1, 0.15) is 30.1 Å². The van der Waals surface area contributed by atoms with E-state index in [2.05, 4.69) is 33.1 Å². The topological polar surface area (TPSA) is 58.4 Å². The highest BCUT2D eigenvalue weighted by Gasteiger charge is 2.18. The van der Waals surface area contributed by atoms with Crippen molar-refractivity contribution >= 4 is 27.5 Å². The molecule has 4 nitrogen and oxygen atoms in total. The molecule has 1 aromatic rings. The van der Waals surface area contributed by atoms with Crippen molar-refractivity contribution < 1.29 is 4.79 Å². The smallest absolute Gasteiger partial charge is 0.251 e. The van der Waals surface area contributed by atoms with Crippen molar-refractivity contribution in [3.8, 4) is 0 Å². The van der Waals surface area contributed by atoms with Gasteiger partial charge in [-0.25, -0.2) is 0 Å². The van der Waals surface area contributed by atoms with Gasteiger partial charge in [0.1, 0.15) is 0 Å². The standard InChI is InChI=1S/C15H22BrN3O/c1-2-19-5-3-11(4-6-19)10-18-15(20)12-7-13(16)9-14(17)8-12/h7-9,11H,2-6,10,17H2,1H3,(H,18,20). The zero-order valence-corrected chi connectivity index (χ0v) is 13.4. The molecule has 5 heteroatoms. The van der Waals surface area contributed by atoms with Gasteiger partial charge in [0.15, 0.2) is 0 Å². The van der Waals surface area contributed by atoms with Crippen LogP contribution in [0.4, 0.5) is 5.69 Å². The number of rotatable bonds is 4. The number of hydrogen-bond donors (Lipinski definition) is 2.